The molecule has 8 nitrogen and oxygen atoms in total. The summed E-state index contributed by atoms with van der Waals surface area (Å²) in [5.41, 5.74) is 0. The number of aliphatic hydroxyl groups is 2. The maximum Gasteiger partial charge on any atom is 0.306 e. The molecule has 27 heavy (non-hydrogen) atoms. The number of aliphatic hydroxyl groups excluding tert-OH is 2. The van der Waals surface area contributed by atoms with Gasteiger partial charge in [-0.15, -0.1) is 0 Å². The lowest BCUT2D eigenvalue weighted by Gasteiger charge is -2.12. The van der Waals surface area contributed by atoms with Crippen LogP contribution < -0.4 is 0 Å². The summed E-state index contributed by atoms with van der Waals surface area (Å²) in [7, 11) is 0. The molecule has 0 aromatic carbocycles. The second-order valence-electron chi connectivity index (χ2n) is 7.63. The number of fused-ring (bicyclic) bond motifs is 2. The molecule has 0 aromatic rings. The van der Waals surface area contributed by atoms with E-state index in [1.165, 1.54) is 0 Å². The van der Waals surface area contributed by atoms with Crippen molar-refractivity contribution in [3.05, 3.63) is 0 Å². The fourth-order valence-corrected chi connectivity index (χ4v) is 3.66. The molecular weight excluding hydrogens is 356 g/mol. The highest BCUT2D eigenvalue weighted by molar-refractivity contribution is 5.70. The third kappa shape index (κ3) is 7.73. The molecule has 4 N–H and O–H groups in total. The minimum absolute atomic E-state index is 0.135. The van der Waals surface area contributed by atoms with Crippen molar-refractivity contribution in [1.82, 2.24) is 0 Å². The van der Waals surface area contributed by atoms with Crippen molar-refractivity contribution in [3.63, 3.8) is 0 Å². The molecule has 6 atom stereocenters. The van der Waals surface area contributed by atoms with E-state index in [2.05, 4.69) is 0 Å². The average molecular weight is 388 g/mol. The molecule has 6 unspecified atom stereocenters. The number of rotatable bonds is 6. The third-order valence-electron chi connectivity index (χ3n) is 5.52. The number of carbonyl (C=O) groups is 2. The van der Waals surface area contributed by atoms with Crippen LogP contribution in [0.5, 0.6) is 0 Å². The Morgan fingerprint density at radius 3 is 1.37 bits per heavy atom. The van der Waals surface area contributed by atoms with Crippen molar-refractivity contribution in [3.8, 4) is 0 Å². The minimum Gasteiger partial charge on any atom is -0.481 e. The minimum atomic E-state index is -0.658. The molecule has 156 valence electrons. The molecule has 2 heterocycles. The van der Waals surface area contributed by atoms with Gasteiger partial charge in [-0.1, -0.05) is 0 Å². The van der Waals surface area contributed by atoms with Crippen molar-refractivity contribution in [1.29, 1.82) is 0 Å². The zero-order valence-electron chi connectivity index (χ0n) is 15.7. The largest absolute Gasteiger partial charge is 0.481 e. The van der Waals surface area contributed by atoms with Crippen LogP contribution in [0.2, 0.25) is 0 Å². The summed E-state index contributed by atoms with van der Waals surface area (Å²) >= 11 is 0. The number of epoxide rings is 2. The first kappa shape index (κ1) is 22.1. The van der Waals surface area contributed by atoms with Crippen LogP contribution in [-0.4, -0.2) is 70.0 Å². The molecule has 8 heteroatoms. The predicted octanol–water partition coefficient (Wildman–Crippen LogP) is 1.42. The van der Waals surface area contributed by atoms with E-state index in [9.17, 15) is 9.59 Å². The summed E-state index contributed by atoms with van der Waals surface area (Å²) in [5.74, 6) is -1.59. The smallest absolute Gasteiger partial charge is 0.306 e. The SMILES string of the molecule is O=C(O)C1CCC2OC2C1.O=C(O)C1CCC2OC2C1.OCCCCCO. The van der Waals surface area contributed by atoms with Crippen molar-refractivity contribution in [2.24, 2.45) is 11.8 Å². The van der Waals surface area contributed by atoms with Gasteiger partial charge in [0.05, 0.1) is 36.3 Å². The zero-order valence-corrected chi connectivity index (χ0v) is 15.7. The molecule has 0 bridgehead atoms. The standard InChI is InChI=1S/2C7H10O3.C5H12O2/c2*8-7(9)4-1-2-5-6(3-4)10-5;6-4-2-1-3-5-7/h2*4-6H,1-3H2,(H,8,9);6-7H,1-5H2. The number of hydrogen-bond acceptors (Lipinski definition) is 6. The first-order valence-corrected chi connectivity index (χ1v) is 9.94. The van der Waals surface area contributed by atoms with E-state index in [1.807, 2.05) is 0 Å². The molecule has 2 aliphatic heterocycles. The number of carboxylic acid groups (broad SMARTS) is 2. The van der Waals surface area contributed by atoms with Gasteiger partial charge in [-0.2, -0.15) is 0 Å². The van der Waals surface area contributed by atoms with Gasteiger partial charge < -0.3 is 29.9 Å². The lowest BCUT2D eigenvalue weighted by atomic mass is 9.90. The molecule has 4 fully saturated rings. The van der Waals surface area contributed by atoms with E-state index in [4.69, 9.17) is 29.9 Å². The Labute approximate surface area is 159 Å². The normalized spacial score (nSPS) is 35.2. The van der Waals surface area contributed by atoms with Crippen molar-refractivity contribution < 1.29 is 39.5 Å². The number of aliphatic carboxylic acids is 2. The van der Waals surface area contributed by atoms with E-state index in [0.717, 1.165) is 57.8 Å². The van der Waals surface area contributed by atoms with E-state index in [1.54, 1.807) is 0 Å². The zero-order chi connectivity index (χ0) is 19.8. The Hall–Kier alpha value is -1.22. The maximum absolute atomic E-state index is 10.5. The highest BCUT2D eigenvalue weighted by Gasteiger charge is 2.46. The summed E-state index contributed by atoms with van der Waals surface area (Å²) in [6, 6.07) is 0. The number of carboxylic acids is 2. The lowest BCUT2D eigenvalue weighted by molar-refractivity contribution is -0.143. The summed E-state index contributed by atoms with van der Waals surface area (Å²) < 4.78 is 10.4. The van der Waals surface area contributed by atoms with Crippen molar-refractivity contribution in [2.45, 2.75) is 82.2 Å². The molecule has 4 aliphatic rings. The number of ether oxygens (including phenoxy) is 2. The molecular formula is C19H32O8. The quantitative estimate of drug-likeness (QED) is 0.395. The number of hydrogen-bond donors (Lipinski definition) is 4. The summed E-state index contributed by atoms with van der Waals surface area (Å²) in [4.78, 5) is 20.9. The van der Waals surface area contributed by atoms with Crippen LogP contribution in [0.4, 0.5) is 0 Å². The van der Waals surface area contributed by atoms with Crippen LogP contribution in [0.1, 0.15) is 57.8 Å². The van der Waals surface area contributed by atoms with E-state index in [0.29, 0.717) is 12.2 Å². The van der Waals surface area contributed by atoms with Crippen molar-refractivity contribution in [2.75, 3.05) is 13.2 Å². The predicted molar refractivity (Wildman–Crippen MR) is 95.3 cm³/mol. The van der Waals surface area contributed by atoms with Crippen LogP contribution in [-0.2, 0) is 19.1 Å². The molecule has 2 aliphatic carbocycles. The van der Waals surface area contributed by atoms with Gasteiger partial charge in [0.2, 0.25) is 0 Å². The molecule has 0 aromatic heterocycles. The van der Waals surface area contributed by atoms with Crippen molar-refractivity contribution >= 4 is 11.9 Å². The summed E-state index contributed by atoms with van der Waals surface area (Å²) in [6.07, 6.45) is 8.94. The van der Waals surface area contributed by atoms with Gasteiger partial charge in [-0.3, -0.25) is 9.59 Å². The van der Waals surface area contributed by atoms with E-state index >= 15 is 0 Å². The van der Waals surface area contributed by atoms with Crippen LogP contribution in [0.15, 0.2) is 0 Å². The highest BCUT2D eigenvalue weighted by atomic mass is 16.6. The fraction of sp³-hybridized carbons (Fsp3) is 0.895. The molecule has 0 spiro atoms. The van der Waals surface area contributed by atoms with E-state index < -0.39 is 11.9 Å². The maximum atomic E-state index is 10.5. The van der Waals surface area contributed by atoms with Gasteiger partial charge in [-0.25, -0.2) is 0 Å². The van der Waals surface area contributed by atoms with Gasteiger partial charge in [0.25, 0.3) is 0 Å². The third-order valence-corrected chi connectivity index (χ3v) is 5.52. The van der Waals surface area contributed by atoms with Gasteiger partial charge in [0.15, 0.2) is 0 Å². The second kappa shape index (κ2) is 10.9. The number of unbranched alkanes of at least 4 members (excludes halogenated alkanes) is 2. The average Bonchev–Trinajstić information content (AvgIpc) is 3.55. The monoisotopic (exact) mass is 388 g/mol. The molecule has 0 amide bonds. The van der Waals surface area contributed by atoms with Gasteiger partial charge in [0, 0.05) is 13.2 Å². The van der Waals surface area contributed by atoms with Crippen LogP contribution in [0.3, 0.4) is 0 Å². The Kier molecular flexibility index (Phi) is 8.95. The van der Waals surface area contributed by atoms with Gasteiger partial charge >= 0.3 is 11.9 Å². The van der Waals surface area contributed by atoms with Crippen LogP contribution >= 0.6 is 0 Å². The fourth-order valence-electron chi connectivity index (χ4n) is 3.66. The second-order valence-corrected chi connectivity index (χ2v) is 7.63. The topological polar surface area (TPSA) is 140 Å². The Balaban J connectivity index is 0.000000149. The lowest BCUT2D eigenvalue weighted by Crippen LogP contribution is -2.21. The summed E-state index contributed by atoms with van der Waals surface area (Å²) in [5, 5.41) is 33.7. The Morgan fingerprint density at radius 2 is 1.07 bits per heavy atom. The molecule has 2 saturated carbocycles. The van der Waals surface area contributed by atoms with Crippen LogP contribution in [0.25, 0.3) is 0 Å². The molecule has 4 rings (SSSR count). The van der Waals surface area contributed by atoms with Gasteiger partial charge in [-0.05, 0) is 57.8 Å². The highest BCUT2D eigenvalue weighted by Crippen LogP contribution is 2.40. The first-order chi connectivity index (χ1) is 13.0. The Bertz CT molecular complexity index is 440. The van der Waals surface area contributed by atoms with Gasteiger partial charge in [0.1, 0.15) is 0 Å². The van der Waals surface area contributed by atoms with Crippen LogP contribution in [0, 0.1) is 11.8 Å². The van der Waals surface area contributed by atoms with E-state index in [-0.39, 0.29) is 37.3 Å². The summed E-state index contributed by atoms with van der Waals surface area (Å²) in [6.45, 7) is 0.500. The molecule has 0 radical (unpaired) electrons. The molecule has 2 saturated heterocycles. The first-order valence-electron chi connectivity index (χ1n) is 9.94. The Morgan fingerprint density at radius 1 is 0.667 bits per heavy atom.